The van der Waals surface area contributed by atoms with Gasteiger partial charge in [0, 0.05) is 6.42 Å². The fourth-order valence-corrected chi connectivity index (χ4v) is 9.42. The van der Waals surface area contributed by atoms with Gasteiger partial charge in [0.15, 0.2) is 0 Å². The molecular formula is C59H115N2O6P. The number of aliphatic hydroxyl groups excluding tert-OH is 1. The number of carbonyl (C=O) groups is 1. The van der Waals surface area contributed by atoms with Crippen LogP contribution in [-0.4, -0.2) is 68.5 Å². The molecule has 0 heterocycles. The van der Waals surface area contributed by atoms with Gasteiger partial charge in [-0.1, -0.05) is 256 Å². The van der Waals surface area contributed by atoms with Gasteiger partial charge in [-0.3, -0.25) is 9.36 Å². The fourth-order valence-electron chi connectivity index (χ4n) is 8.70. The Morgan fingerprint density at radius 3 is 1.19 bits per heavy atom. The van der Waals surface area contributed by atoms with Crippen molar-refractivity contribution in [3.05, 3.63) is 36.5 Å². The number of hydrogen-bond donors (Lipinski definition) is 2. The molecule has 2 N–H and O–H groups in total. The van der Waals surface area contributed by atoms with E-state index in [0.29, 0.717) is 17.4 Å². The second-order valence-electron chi connectivity index (χ2n) is 21.3. The number of rotatable bonds is 54. The monoisotopic (exact) mass is 979 g/mol. The zero-order valence-electron chi connectivity index (χ0n) is 45.8. The van der Waals surface area contributed by atoms with Crippen molar-refractivity contribution in [2.24, 2.45) is 0 Å². The maximum absolute atomic E-state index is 12.9. The average molecular weight is 980 g/mol. The summed E-state index contributed by atoms with van der Waals surface area (Å²) in [5, 5.41) is 13.8. The Balaban J connectivity index is 3.99. The van der Waals surface area contributed by atoms with E-state index in [4.69, 9.17) is 9.05 Å². The lowest BCUT2D eigenvalue weighted by molar-refractivity contribution is -0.870. The molecule has 8 nitrogen and oxygen atoms in total. The van der Waals surface area contributed by atoms with Crippen molar-refractivity contribution in [2.45, 2.75) is 296 Å². The van der Waals surface area contributed by atoms with Gasteiger partial charge in [0.2, 0.25) is 5.91 Å². The first kappa shape index (κ1) is 66.7. The molecule has 3 unspecified atom stereocenters. The van der Waals surface area contributed by atoms with Crippen LogP contribution in [0, 0.1) is 0 Å². The summed E-state index contributed by atoms with van der Waals surface area (Å²) >= 11 is 0. The molecule has 1 amide bonds. The highest BCUT2D eigenvalue weighted by molar-refractivity contribution is 7.45. The third-order valence-corrected chi connectivity index (χ3v) is 14.3. The van der Waals surface area contributed by atoms with E-state index in [9.17, 15) is 19.4 Å². The van der Waals surface area contributed by atoms with Crippen molar-refractivity contribution in [1.82, 2.24) is 5.32 Å². The maximum atomic E-state index is 12.9. The fraction of sp³-hybridized carbons (Fsp3) is 0.881. The van der Waals surface area contributed by atoms with Crippen molar-refractivity contribution >= 4 is 13.7 Å². The number of likely N-dealkylation sites (N-methyl/N-ethyl adjacent to an activating group) is 1. The molecule has 0 rings (SSSR count). The molecule has 0 aliphatic carbocycles. The minimum Gasteiger partial charge on any atom is -0.756 e. The molecule has 9 heteroatoms. The van der Waals surface area contributed by atoms with Crippen LogP contribution in [0.3, 0.4) is 0 Å². The second-order valence-corrected chi connectivity index (χ2v) is 22.8. The molecule has 0 aliphatic heterocycles. The lowest BCUT2D eigenvalue weighted by atomic mass is 10.0. The summed E-state index contributed by atoms with van der Waals surface area (Å²) in [4.78, 5) is 25.4. The van der Waals surface area contributed by atoms with Crippen LogP contribution in [0.25, 0.3) is 0 Å². The quantitative estimate of drug-likeness (QED) is 0.0272. The van der Waals surface area contributed by atoms with E-state index < -0.39 is 20.0 Å². The van der Waals surface area contributed by atoms with Crippen LogP contribution < -0.4 is 10.2 Å². The maximum Gasteiger partial charge on any atom is 0.268 e. The topological polar surface area (TPSA) is 108 Å². The van der Waals surface area contributed by atoms with Gasteiger partial charge < -0.3 is 28.8 Å². The van der Waals surface area contributed by atoms with Crippen molar-refractivity contribution < 1.29 is 32.9 Å². The zero-order chi connectivity index (χ0) is 49.9. The Labute approximate surface area is 423 Å². The SMILES string of the molecule is CCCCCCCCC/C=C/CC/C=C/C(O)C(COP(=O)([O-])OCC[N+](C)(C)C)NC(=O)CCCCCCCCCCCCCCCCCCCCCCC/C=C\CCCCCCCCCC. The first-order valence-electron chi connectivity index (χ1n) is 29.4. The van der Waals surface area contributed by atoms with Gasteiger partial charge in [0.25, 0.3) is 7.82 Å². The van der Waals surface area contributed by atoms with E-state index >= 15 is 0 Å². The molecule has 0 aromatic carbocycles. The van der Waals surface area contributed by atoms with Gasteiger partial charge >= 0.3 is 0 Å². The first-order chi connectivity index (χ1) is 33.0. The van der Waals surface area contributed by atoms with Crippen LogP contribution in [-0.2, 0) is 18.4 Å². The number of quaternary nitrogens is 1. The number of aliphatic hydroxyl groups is 1. The second kappa shape index (κ2) is 50.7. The molecule has 0 bridgehead atoms. The largest absolute Gasteiger partial charge is 0.756 e. The average Bonchev–Trinajstić information content (AvgIpc) is 3.30. The molecule has 0 aromatic heterocycles. The van der Waals surface area contributed by atoms with Gasteiger partial charge in [0.1, 0.15) is 13.2 Å². The van der Waals surface area contributed by atoms with E-state index in [1.165, 1.54) is 225 Å². The van der Waals surface area contributed by atoms with E-state index in [2.05, 4.69) is 43.5 Å². The summed E-state index contributed by atoms with van der Waals surface area (Å²) in [6.07, 6.45) is 65.3. The Morgan fingerprint density at radius 2 is 0.824 bits per heavy atom. The lowest BCUT2D eigenvalue weighted by Gasteiger charge is -2.29. The molecule has 0 aliphatic rings. The van der Waals surface area contributed by atoms with Gasteiger partial charge in [0.05, 0.1) is 39.9 Å². The Morgan fingerprint density at radius 1 is 0.500 bits per heavy atom. The highest BCUT2D eigenvalue weighted by Gasteiger charge is 2.23. The van der Waals surface area contributed by atoms with Gasteiger partial charge in [-0.2, -0.15) is 0 Å². The molecular weight excluding hydrogens is 864 g/mol. The highest BCUT2D eigenvalue weighted by atomic mass is 31.2. The summed E-state index contributed by atoms with van der Waals surface area (Å²) in [6, 6.07) is -0.900. The van der Waals surface area contributed by atoms with Gasteiger partial charge in [-0.25, -0.2) is 0 Å². The minimum absolute atomic E-state index is 0.00495. The van der Waals surface area contributed by atoms with Crippen molar-refractivity contribution in [3.63, 3.8) is 0 Å². The molecule has 402 valence electrons. The van der Waals surface area contributed by atoms with Crippen molar-refractivity contribution in [2.75, 3.05) is 40.9 Å². The Kier molecular flexibility index (Phi) is 49.7. The molecule has 0 saturated heterocycles. The standard InChI is InChI=1S/C59H115N2O6P/c1-6-8-10-12-14-16-18-20-21-22-23-24-25-26-27-28-29-30-31-32-33-34-35-36-37-38-39-41-43-45-47-49-51-53-59(63)60-57(56-67-68(64,65)66-55-54-61(3,4)5)58(62)52-50-48-46-44-42-40-19-17-15-13-11-9-7-2/h22-23,42,44,50,52,57-58,62H,6-21,24-41,43,45-49,51,53-56H2,1-5H3,(H-,60,63,64,65)/b23-22-,44-42+,52-50+. The number of hydrogen-bond acceptors (Lipinski definition) is 6. The molecule has 0 radical (unpaired) electrons. The number of amides is 1. The Bertz CT molecular complexity index is 1200. The van der Waals surface area contributed by atoms with E-state index in [-0.39, 0.29) is 19.1 Å². The third-order valence-electron chi connectivity index (χ3n) is 13.3. The van der Waals surface area contributed by atoms with Crippen LogP contribution >= 0.6 is 7.82 Å². The normalized spacial score (nSPS) is 14.2. The molecule has 0 aromatic rings. The van der Waals surface area contributed by atoms with Gasteiger partial charge in [-0.05, 0) is 57.8 Å². The number of phosphoric acid groups is 1. The van der Waals surface area contributed by atoms with E-state index in [0.717, 1.165) is 38.5 Å². The summed E-state index contributed by atoms with van der Waals surface area (Å²) in [5.41, 5.74) is 0. The molecule has 68 heavy (non-hydrogen) atoms. The van der Waals surface area contributed by atoms with Crippen LogP contribution in [0.5, 0.6) is 0 Å². The number of carbonyl (C=O) groups excluding carboxylic acids is 1. The van der Waals surface area contributed by atoms with Crippen LogP contribution in [0.2, 0.25) is 0 Å². The van der Waals surface area contributed by atoms with Crippen molar-refractivity contribution in [1.29, 1.82) is 0 Å². The summed E-state index contributed by atoms with van der Waals surface area (Å²) in [6.45, 7) is 4.64. The number of nitrogens with zero attached hydrogens (tertiary/aromatic N) is 1. The zero-order valence-corrected chi connectivity index (χ0v) is 46.7. The minimum atomic E-state index is -4.60. The van der Waals surface area contributed by atoms with E-state index in [1.54, 1.807) is 6.08 Å². The van der Waals surface area contributed by atoms with Crippen molar-refractivity contribution in [3.8, 4) is 0 Å². The number of allylic oxidation sites excluding steroid dienone is 5. The molecule has 0 spiro atoms. The molecule has 0 fully saturated rings. The molecule has 0 saturated carbocycles. The Hall–Kier alpha value is -1.28. The van der Waals surface area contributed by atoms with Crippen LogP contribution in [0.1, 0.15) is 284 Å². The smallest absolute Gasteiger partial charge is 0.268 e. The lowest BCUT2D eigenvalue weighted by Crippen LogP contribution is -2.45. The predicted molar refractivity (Wildman–Crippen MR) is 293 cm³/mol. The van der Waals surface area contributed by atoms with Gasteiger partial charge in [-0.15, -0.1) is 0 Å². The number of nitrogens with one attached hydrogen (secondary N) is 1. The summed E-state index contributed by atoms with van der Waals surface area (Å²) < 4.78 is 23.3. The summed E-state index contributed by atoms with van der Waals surface area (Å²) in [7, 11) is 1.25. The van der Waals surface area contributed by atoms with Crippen LogP contribution in [0.4, 0.5) is 0 Å². The molecule has 3 atom stereocenters. The third kappa shape index (κ3) is 52.5. The summed E-state index contributed by atoms with van der Waals surface area (Å²) in [5.74, 6) is -0.204. The number of unbranched alkanes of at least 4 members (excludes halogenated alkanes) is 37. The highest BCUT2D eigenvalue weighted by Crippen LogP contribution is 2.38. The first-order valence-corrected chi connectivity index (χ1v) is 30.8. The predicted octanol–water partition coefficient (Wildman–Crippen LogP) is 17.1. The number of phosphoric ester groups is 1. The van der Waals surface area contributed by atoms with E-state index in [1.807, 2.05) is 27.2 Å². The van der Waals surface area contributed by atoms with Crippen LogP contribution in [0.15, 0.2) is 36.5 Å².